The predicted octanol–water partition coefficient (Wildman–Crippen LogP) is 3.35. The molecule has 0 radical (unpaired) electrons. The van der Waals surface area contributed by atoms with Gasteiger partial charge in [-0.3, -0.25) is 0 Å². The number of hydrogen-bond donors (Lipinski definition) is 0. The zero-order chi connectivity index (χ0) is 10.7. The first-order valence-electron chi connectivity index (χ1n) is 5.57. The van der Waals surface area contributed by atoms with E-state index in [2.05, 4.69) is 20.6 Å². The van der Waals surface area contributed by atoms with E-state index in [1.165, 1.54) is 43.8 Å². The average molecular weight is 246 g/mol. The topological polar surface area (TPSA) is 29.0 Å². The second-order valence-corrected chi connectivity index (χ2v) is 4.84. The lowest BCUT2D eigenvalue weighted by molar-refractivity contribution is 0.417. The summed E-state index contributed by atoms with van der Waals surface area (Å²) >= 11 is 7.23. The van der Waals surface area contributed by atoms with Gasteiger partial charge in [-0.05, 0) is 19.8 Å². The lowest BCUT2D eigenvalue weighted by Crippen LogP contribution is -2.37. The second-order valence-electron chi connectivity index (χ2n) is 3.96. The smallest absolute Gasteiger partial charge is 0.187 e. The highest BCUT2D eigenvalue weighted by Crippen LogP contribution is 2.30. The second kappa shape index (κ2) is 5.12. The van der Waals surface area contributed by atoms with Crippen molar-refractivity contribution >= 4 is 29.1 Å². The summed E-state index contributed by atoms with van der Waals surface area (Å²) in [4.78, 5) is 2.31. The molecule has 0 aliphatic heterocycles. The Kier molecular flexibility index (Phi) is 3.81. The van der Waals surface area contributed by atoms with Gasteiger partial charge in [0.2, 0.25) is 0 Å². The lowest BCUT2D eigenvalue weighted by Gasteiger charge is -2.33. The maximum absolute atomic E-state index is 6.03. The van der Waals surface area contributed by atoms with Crippen molar-refractivity contribution in [2.24, 2.45) is 0 Å². The summed E-state index contributed by atoms with van der Waals surface area (Å²) in [5.41, 5.74) is 0. The van der Waals surface area contributed by atoms with Crippen molar-refractivity contribution in [3.05, 3.63) is 5.15 Å². The first-order chi connectivity index (χ1) is 7.33. The molecule has 5 heteroatoms. The molecular formula is C10H16ClN3S. The summed E-state index contributed by atoms with van der Waals surface area (Å²) in [5, 5.41) is 0.562. The molecule has 1 aliphatic carbocycles. The van der Waals surface area contributed by atoms with E-state index < -0.39 is 0 Å². The van der Waals surface area contributed by atoms with Crippen molar-refractivity contribution in [3.8, 4) is 0 Å². The predicted molar refractivity (Wildman–Crippen MR) is 64.8 cm³/mol. The Morgan fingerprint density at radius 3 is 2.60 bits per heavy atom. The molecule has 84 valence electrons. The van der Waals surface area contributed by atoms with Gasteiger partial charge in [-0.1, -0.05) is 30.9 Å². The van der Waals surface area contributed by atoms with Gasteiger partial charge in [0.15, 0.2) is 11.0 Å². The first-order valence-corrected chi connectivity index (χ1v) is 6.68. The van der Waals surface area contributed by atoms with Crippen molar-refractivity contribution in [2.75, 3.05) is 11.4 Å². The third-order valence-corrected chi connectivity index (χ3v) is 3.93. The minimum atomic E-state index is 0.562. The SMILES string of the molecule is CCN(c1nsnc1Cl)C1CCCCC1. The van der Waals surface area contributed by atoms with E-state index in [9.17, 15) is 0 Å². The summed E-state index contributed by atoms with van der Waals surface area (Å²) in [7, 11) is 0. The van der Waals surface area contributed by atoms with Gasteiger partial charge in [0, 0.05) is 12.6 Å². The summed E-state index contributed by atoms with van der Waals surface area (Å²) in [6.45, 7) is 3.13. The van der Waals surface area contributed by atoms with Gasteiger partial charge in [0.05, 0.1) is 11.7 Å². The Balaban J connectivity index is 2.12. The van der Waals surface area contributed by atoms with Crippen molar-refractivity contribution in [3.63, 3.8) is 0 Å². The molecule has 0 aromatic carbocycles. The van der Waals surface area contributed by atoms with Crippen LogP contribution < -0.4 is 4.90 Å². The highest BCUT2D eigenvalue weighted by molar-refractivity contribution is 6.99. The molecular weight excluding hydrogens is 230 g/mol. The molecule has 0 saturated heterocycles. The Bertz CT molecular complexity index is 309. The largest absolute Gasteiger partial charge is 0.350 e. The van der Waals surface area contributed by atoms with Crippen LogP contribution in [0.5, 0.6) is 0 Å². The molecule has 1 aliphatic rings. The minimum absolute atomic E-state index is 0.562. The maximum atomic E-state index is 6.03. The van der Waals surface area contributed by atoms with Gasteiger partial charge < -0.3 is 4.90 Å². The van der Waals surface area contributed by atoms with E-state index >= 15 is 0 Å². The van der Waals surface area contributed by atoms with Crippen molar-refractivity contribution in [1.82, 2.24) is 8.75 Å². The Hall–Kier alpha value is -0.350. The van der Waals surface area contributed by atoms with Crippen molar-refractivity contribution in [1.29, 1.82) is 0 Å². The summed E-state index contributed by atoms with van der Waals surface area (Å²) in [5.74, 6) is 0.885. The first kappa shape index (κ1) is 11.1. The fourth-order valence-corrected chi connectivity index (χ4v) is 3.07. The van der Waals surface area contributed by atoms with Gasteiger partial charge in [0.1, 0.15) is 0 Å². The van der Waals surface area contributed by atoms with Gasteiger partial charge in [-0.15, -0.1) is 0 Å². The zero-order valence-electron chi connectivity index (χ0n) is 8.95. The molecule has 0 amide bonds. The van der Waals surface area contributed by atoms with E-state index in [1.807, 2.05) is 0 Å². The zero-order valence-corrected chi connectivity index (χ0v) is 10.5. The van der Waals surface area contributed by atoms with Gasteiger partial charge in [0.25, 0.3) is 0 Å². The van der Waals surface area contributed by atoms with Crippen molar-refractivity contribution in [2.45, 2.75) is 45.1 Å². The standard InChI is InChI=1S/C10H16ClN3S/c1-2-14(8-6-4-3-5-7-8)10-9(11)12-15-13-10/h8H,2-7H2,1H3. The normalized spacial score (nSPS) is 18.0. The number of aromatic nitrogens is 2. The van der Waals surface area contributed by atoms with E-state index in [4.69, 9.17) is 11.6 Å². The van der Waals surface area contributed by atoms with Crippen LogP contribution in [0.25, 0.3) is 0 Å². The summed E-state index contributed by atoms with van der Waals surface area (Å²) in [6.07, 6.45) is 6.56. The Morgan fingerprint density at radius 2 is 2.07 bits per heavy atom. The fourth-order valence-electron chi connectivity index (χ4n) is 2.32. The third kappa shape index (κ3) is 2.42. The van der Waals surface area contributed by atoms with Crippen LogP contribution in [0.1, 0.15) is 39.0 Å². The molecule has 0 unspecified atom stereocenters. The number of hydrogen-bond acceptors (Lipinski definition) is 4. The molecule has 2 rings (SSSR count). The number of rotatable bonds is 3. The monoisotopic (exact) mass is 245 g/mol. The van der Waals surface area contributed by atoms with Crippen LogP contribution >= 0.6 is 23.3 Å². The van der Waals surface area contributed by atoms with Gasteiger partial charge in [-0.25, -0.2) is 0 Å². The summed E-state index contributed by atoms with van der Waals surface area (Å²) < 4.78 is 8.32. The molecule has 1 fully saturated rings. The molecule has 0 spiro atoms. The highest BCUT2D eigenvalue weighted by Gasteiger charge is 2.23. The molecule has 1 aromatic heterocycles. The van der Waals surface area contributed by atoms with Gasteiger partial charge >= 0.3 is 0 Å². The molecule has 3 nitrogen and oxygen atoms in total. The van der Waals surface area contributed by atoms with E-state index in [0.717, 1.165) is 12.4 Å². The van der Waals surface area contributed by atoms with Crippen LogP contribution in [-0.4, -0.2) is 21.3 Å². The molecule has 0 N–H and O–H groups in total. The third-order valence-electron chi connectivity index (χ3n) is 3.06. The van der Waals surface area contributed by atoms with Gasteiger partial charge in [-0.2, -0.15) is 8.75 Å². The van der Waals surface area contributed by atoms with Crippen LogP contribution in [0, 0.1) is 0 Å². The van der Waals surface area contributed by atoms with E-state index in [1.54, 1.807) is 0 Å². The van der Waals surface area contributed by atoms with Crippen LogP contribution in [0.15, 0.2) is 0 Å². The average Bonchev–Trinajstić information content (AvgIpc) is 2.68. The number of nitrogens with zero attached hydrogens (tertiary/aromatic N) is 3. The van der Waals surface area contributed by atoms with Crippen molar-refractivity contribution < 1.29 is 0 Å². The molecule has 0 atom stereocenters. The Labute approximate surface area is 99.8 Å². The van der Waals surface area contributed by atoms with Crippen LogP contribution in [0.4, 0.5) is 5.82 Å². The van der Waals surface area contributed by atoms with E-state index in [-0.39, 0.29) is 0 Å². The molecule has 1 heterocycles. The van der Waals surface area contributed by atoms with E-state index in [0.29, 0.717) is 11.2 Å². The number of halogens is 1. The quantitative estimate of drug-likeness (QED) is 0.818. The minimum Gasteiger partial charge on any atom is -0.350 e. The fraction of sp³-hybridized carbons (Fsp3) is 0.800. The lowest BCUT2D eigenvalue weighted by atomic mass is 9.94. The number of anilines is 1. The Morgan fingerprint density at radius 1 is 1.33 bits per heavy atom. The highest BCUT2D eigenvalue weighted by atomic mass is 35.5. The maximum Gasteiger partial charge on any atom is 0.187 e. The van der Waals surface area contributed by atoms with Crippen LogP contribution in [-0.2, 0) is 0 Å². The molecule has 0 bridgehead atoms. The van der Waals surface area contributed by atoms with Crippen LogP contribution in [0.2, 0.25) is 5.15 Å². The van der Waals surface area contributed by atoms with Crippen LogP contribution in [0.3, 0.4) is 0 Å². The molecule has 15 heavy (non-hydrogen) atoms. The summed E-state index contributed by atoms with van der Waals surface area (Å²) in [6, 6.07) is 0.616. The molecule has 1 saturated carbocycles. The molecule has 1 aromatic rings.